The number of nitrogens with one attached hydrogen (secondary N) is 2. The van der Waals surface area contributed by atoms with E-state index in [1.807, 2.05) is 25.1 Å². The van der Waals surface area contributed by atoms with E-state index in [-0.39, 0.29) is 5.91 Å². The Kier molecular flexibility index (Phi) is 7.30. The number of amides is 1. The Morgan fingerprint density at radius 3 is 2.65 bits per heavy atom. The highest BCUT2D eigenvalue weighted by Gasteiger charge is 2.07. The van der Waals surface area contributed by atoms with Crippen LogP contribution in [0.3, 0.4) is 0 Å². The molecule has 0 bridgehead atoms. The third-order valence-electron chi connectivity index (χ3n) is 2.95. The van der Waals surface area contributed by atoms with Crippen LogP contribution in [0.25, 0.3) is 0 Å². The predicted molar refractivity (Wildman–Crippen MR) is 85.8 cm³/mol. The molecule has 4 nitrogen and oxygen atoms in total. The molecule has 0 fully saturated rings. The first kappa shape index (κ1) is 16.7. The zero-order valence-corrected chi connectivity index (χ0v) is 13.3. The Hall–Kier alpha value is -1.36. The van der Waals surface area contributed by atoms with Crippen LogP contribution in [-0.4, -0.2) is 35.2 Å². The maximum atomic E-state index is 12.0. The summed E-state index contributed by atoms with van der Waals surface area (Å²) < 4.78 is 10.9. The van der Waals surface area contributed by atoms with Crippen molar-refractivity contribution >= 4 is 22.4 Å². The topological polar surface area (TPSA) is 58.2 Å². The van der Waals surface area contributed by atoms with E-state index in [0.29, 0.717) is 17.9 Å². The highest BCUT2D eigenvalue weighted by atomic mass is 32.2. The number of aryl methyl sites for hydroxylation is 1. The molecule has 1 rings (SSSR count). The molecule has 0 saturated carbocycles. The SMILES string of the molecule is CCCNc1ccc(C(=O)NCCCS(C)=O)cc1C. The number of rotatable bonds is 8. The van der Waals surface area contributed by atoms with E-state index < -0.39 is 10.8 Å². The maximum Gasteiger partial charge on any atom is 0.251 e. The fourth-order valence-electron chi connectivity index (χ4n) is 1.84. The molecule has 0 radical (unpaired) electrons. The summed E-state index contributed by atoms with van der Waals surface area (Å²) in [6.07, 6.45) is 3.48. The van der Waals surface area contributed by atoms with Crippen LogP contribution < -0.4 is 10.6 Å². The van der Waals surface area contributed by atoms with E-state index >= 15 is 0 Å². The van der Waals surface area contributed by atoms with Crippen molar-refractivity contribution in [3.8, 4) is 0 Å². The van der Waals surface area contributed by atoms with Crippen LogP contribution >= 0.6 is 0 Å². The van der Waals surface area contributed by atoms with Crippen molar-refractivity contribution in [2.75, 3.05) is 30.4 Å². The van der Waals surface area contributed by atoms with E-state index in [4.69, 9.17) is 0 Å². The van der Waals surface area contributed by atoms with Gasteiger partial charge in [-0.15, -0.1) is 0 Å². The fourth-order valence-corrected chi connectivity index (χ4v) is 2.39. The van der Waals surface area contributed by atoms with Crippen LogP contribution in [0.4, 0.5) is 5.69 Å². The van der Waals surface area contributed by atoms with Crippen LogP contribution in [-0.2, 0) is 10.8 Å². The lowest BCUT2D eigenvalue weighted by molar-refractivity contribution is 0.0953. The summed E-state index contributed by atoms with van der Waals surface area (Å²) in [4.78, 5) is 12.0. The minimum atomic E-state index is -0.794. The van der Waals surface area contributed by atoms with Crippen molar-refractivity contribution in [2.24, 2.45) is 0 Å². The Bertz CT molecular complexity index is 475. The molecule has 0 aliphatic rings. The summed E-state index contributed by atoms with van der Waals surface area (Å²) in [5.41, 5.74) is 2.81. The predicted octanol–water partition coefficient (Wildman–Crippen LogP) is 2.32. The average molecular weight is 296 g/mol. The van der Waals surface area contributed by atoms with Gasteiger partial charge < -0.3 is 10.6 Å². The van der Waals surface area contributed by atoms with E-state index in [1.54, 1.807) is 6.26 Å². The first-order chi connectivity index (χ1) is 9.54. The van der Waals surface area contributed by atoms with Crippen molar-refractivity contribution in [1.82, 2.24) is 5.32 Å². The monoisotopic (exact) mass is 296 g/mol. The lowest BCUT2D eigenvalue weighted by atomic mass is 10.1. The van der Waals surface area contributed by atoms with Crippen LogP contribution in [0.2, 0.25) is 0 Å². The maximum absolute atomic E-state index is 12.0. The summed E-state index contributed by atoms with van der Waals surface area (Å²) >= 11 is 0. The molecule has 5 heteroatoms. The normalized spacial score (nSPS) is 11.9. The molecule has 0 spiro atoms. The highest BCUT2D eigenvalue weighted by Crippen LogP contribution is 2.16. The summed E-state index contributed by atoms with van der Waals surface area (Å²) in [7, 11) is -0.794. The van der Waals surface area contributed by atoms with Crippen LogP contribution in [0.1, 0.15) is 35.7 Å². The second-order valence-electron chi connectivity index (χ2n) is 4.84. The summed E-state index contributed by atoms with van der Waals surface area (Å²) in [6, 6.07) is 5.67. The van der Waals surface area contributed by atoms with Crippen molar-refractivity contribution in [3.05, 3.63) is 29.3 Å². The Morgan fingerprint density at radius 2 is 2.05 bits per heavy atom. The van der Waals surface area contributed by atoms with E-state index in [2.05, 4.69) is 17.6 Å². The molecule has 0 heterocycles. The first-order valence-corrected chi connectivity index (χ1v) is 8.70. The second-order valence-corrected chi connectivity index (χ2v) is 6.40. The van der Waals surface area contributed by atoms with Gasteiger partial charge in [0, 0.05) is 47.1 Å². The molecule has 1 unspecified atom stereocenters. The van der Waals surface area contributed by atoms with Crippen LogP contribution in [0.15, 0.2) is 18.2 Å². The van der Waals surface area contributed by atoms with Gasteiger partial charge in [0.05, 0.1) is 0 Å². The van der Waals surface area contributed by atoms with Gasteiger partial charge >= 0.3 is 0 Å². The molecule has 0 aliphatic carbocycles. The molecule has 1 aromatic rings. The molecule has 1 atom stereocenters. The van der Waals surface area contributed by atoms with E-state index in [1.165, 1.54) is 0 Å². The van der Waals surface area contributed by atoms with Gasteiger partial charge in [-0.05, 0) is 43.5 Å². The second kappa shape index (κ2) is 8.74. The van der Waals surface area contributed by atoms with E-state index in [0.717, 1.165) is 30.6 Å². The smallest absolute Gasteiger partial charge is 0.251 e. The molecule has 1 aromatic carbocycles. The lowest BCUT2D eigenvalue weighted by Gasteiger charge is -2.10. The standard InChI is InChI=1S/C15H24N2O2S/c1-4-8-16-14-7-6-13(11-12(14)2)15(18)17-9-5-10-20(3)19/h6-7,11,16H,4-5,8-10H2,1-3H3,(H,17,18). The zero-order chi connectivity index (χ0) is 15.0. The Labute approximate surface area is 123 Å². The molecule has 2 N–H and O–H groups in total. The van der Waals surface area contributed by atoms with Crippen molar-refractivity contribution < 1.29 is 9.00 Å². The summed E-state index contributed by atoms with van der Waals surface area (Å²) in [5, 5.41) is 6.18. The van der Waals surface area contributed by atoms with Crippen LogP contribution in [0, 0.1) is 6.92 Å². The third-order valence-corrected chi connectivity index (χ3v) is 3.81. The van der Waals surface area contributed by atoms with Gasteiger partial charge in [0.1, 0.15) is 0 Å². The molecule has 20 heavy (non-hydrogen) atoms. The van der Waals surface area contributed by atoms with Gasteiger partial charge in [0.2, 0.25) is 0 Å². The summed E-state index contributed by atoms with van der Waals surface area (Å²) in [5.74, 6) is 0.552. The van der Waals surface area contributed by atoms with Gasteiger partial charge in [0.25, 0.3) is 5.91 Å². The minimum absolute atomic E-state index is 0.0722. The molecular weight excluding hydrogens is 272 g/mol. The molecule has 0 saturated heterocycles. The van der Waals surface area contributed by atoms with Crippen LogP contribution in [0.5, 0.6) is 0 Å². The quantitative estimate of drug-likeness (QED) is 0.724. The lowest BCUT2D eigenvalue weighted by Crippen LogP contribution is -2.25. The Balaban J connectivity index is 2.52. The van der Waals surface area contributed by atoms with Gasteiger partial charge in [-0.1, -0.05) is 6.92 Å². The highest BCUT2D eigenvalue weighted by molar-refractivity contribution is 7.84. The zero-order valence-electron chi connectivity index (χ0n) is 12.5. The molecular formula is C15H24N2O2S. The third kappa shape index (κ3) is 5.74. The molecule has 0 aromatic heterocycles. The van der Waals surface area contributed by atoms with Crippen molar-refractivity contribution in [2.45, 2.75) is 26.7 Å². The first-order valence-electron chi connectivity index (χ1n) is 6.97. The number of benzene rings is 1. The van der Waals surface area contributed by atoms with Crippen molar-refractivity contribution in [1.29, 1.82) is 0 Å². The average Bonchev–Trinajstić information content (AvgIpc) is 2.41. The van der Waals surface area contributed by atoms with Gasteiger partial charge in [-0.2, -0.15) is 0 Å². The number of anilines is 1. The Morgan fingerprint density at radius 1 is 1.30 bits per heavy atom. The molecule has 1 amide bonds. The number of carbonyl (C=O) groups excluding carboxylic acids is 1. The van der Waals surface area contributed by atoms with E-state index in [9.17, 15) is 9.00 Å². The number of hydrogen-bond acceptors (Lipinski definition) is 3. The number of carbonyl (C=O) groups is 1. The number of hydrogen-bond donors (Lipinski definition) is 2. The molecule has 0 aliphatic heterocycles. The molecule has 112 valence electrons. The largest absolute Gasteiger partial charge is 0.385 e. The van der Waals surface area contributed by atoms with Gasteiger partial charge in [-0.3, -0.25) is 9.00 Å². The fraction of sp³-hybridized carbons (Fsp3) is 0.533. The van der Waals surface area contributed by atoms with Crippen molar-refractivity contribution in [3.63, 3.8) is 0 Å². The minimum Gasteiger partial charge on any atom is -0.385 e. The van der Waals surface area contributed by atoms with Gasteiger partial charge in [0.15, 0.2) is 0 Å². The summed E-state index contributed by atoms with van der Waals surface area (Å²) in [6.45, 7) is 5.61. The van der Waals surface area contributed by atoms with Gasteiger partial charge in [-0.25, -0.2) is 0 Å².